The lowest BCUT2D eigenvalue weighted by Gasteiger charge is -2.25. The maximum absolute atomic E-state index is 11.6. The highest BCUT2D eigenvalue weighted by atomic mass is 16.6. The summed E-state index contributed by atoms with van der Waals surface area (Å²) in [5.41, 5.74) is 0.227. The number of nitrogens with zero attached hydrogens (tertiary/aromatic N) is 3. The summed E-state index contributed by atoms with van der Waals surface area (Å²) in [6.45, 7) is 6.22. The molecule has 0 bridgehead atoms. The Balaban J connectivity index is 2.03. The Morgan fingerprint density at radius 3 is 2.47 bits per heavy atom. The van der Waals surface area contributed by atoms with Crippen LogP contribution < -0.4 is 0 Å². The average molecular weight is 436 g/mol. The van der Waals surface area contributed by atoms with E-state index < -0.39 is 16.4 Å². The Hall–Kier alpha value is -3.48. The van der Waals surface area contributed by atoms with Crippen molar-refractivity contribution in [1.29, 1.82) is 0 Å². The predicted molar refractivity (Wildman–Crippen MR) is 126 cm³/mol. The molecule has 2 N–H and O–H groups in total. The molecule has 0 spiro atoms. The van der Waals surface area contributed by atoms with Crippen LogP contribution in [0.5, 0.6) is 11.5 Å². The zero-order valence-corrected chi connectivity index (χ0v) is 18.7. The molecule has 7 heteroatoms. The molecule has 0 saturated heterocycles. The molecule has 168 valence electrons. The molecule has 0 aromatic heterocycles. The lowest BCUT2D eigenvalue weighted by molar-refractivity contribution is -0.385. The number of unbranched alkanes of at least 4 members (excludes halogenated alkanes) is 3. The van der Waals surface area contributed by atoms with Crippen LogP contribution in [-0.2, 0) is 5.41 Å². The number of phenolic OH excluding ortho intramolecular Hbond substituents is 2. The second-order valence-corrected chi connectivity index (χ2v) is 8.67. The molecule has 3 aromatic carbocycles. The predicted octanol–water partition coefficient (Wildman–Crippen LogP) is 7.82. The lowest BCUT2D eigenvalue weighted by atomic mass is 9.79. The van der Waals surface area contributed by atoms with Gasteiger partial charge in [-0.2, -0.15) is 0 Å². The number of nitro benzene ring substituents is 1. The molecule has 0 amide bonds. The van der Waals surface area contributed by atoms with Gasteiger partial charge in [0.2, 0.25) is 5.75 Å². The molecule has 0 aliphatic carbocycles. The topological polar surface area (TPSA) is 108 Å². The number of azo groups is 1. The molecule has 32 heavy (non-hydrogen) atoms. The minimum absolute atomic E-state index is 0.00293. The van der Waals surface area contributed by atoms with Gasteiger partial charge in [-0.1, -0.05) is 76.8 Å². The van der Waals surface area contributed by atoms with Crippen LogP contribution in [0.2, 0.25) is 0 Å². The van der Waals surface area contributed by atoms with Crippen molar-refractivity contribution in [3.63, 3.8) is 0 Å². The van der Waals surface area contributed by atoms with Crippen molar-refractivity contribution in [1.82, 2.24) is 0 Å². The molecule has 3 aromatic rings. The molecule has 0 heterocycles. The van der Waals surface area contributed by atoms with Gasteiger partial charge < -0.3 is 10.2 Å². The Morgan fingerprint density at radius 1 is 1.00 bits per heavy atom. The third kappa shape index (κ3) is 5.04. The third-order valence-corrected chi connectivity index (χ3v) is 5.84. The van der Waals surface area contributed by atoms with Gasteiger partial charge in [0.1, 0.15) is 17.1 Å². The molecular weight excluding hydrogens is 406 g/mol. The largest absolute Gasteiger partial charge is 0.506 e. The molecular formula is C25H29N3O4. The average Bonchev–Trinajstić information content (AvgIpc) is 2.76. The normalized spacial score (nSPS) is 12.0. The Morgan fingerprint density at radius 2 is 1.75 bits per heavy atom. The van der Waals surface area contributed by atoms with E-state index in [1.807, 2.05) is 38.1 Å². The number of hydrogen-bond acceptors (Lipinski definition) is 6. The Bertz CT molecular complexity index is 1160. The summed E-state index contributed by atoms with van der Waals surface area (Å²) < 4.78 is 0. The van der Waals surface area contributed by atoms with Gasteiger partial charge in [0.05, 0.1) is 4.92 Å². The quantitative estimate of drug-likeness (QED) is 0.154. The lowest BCUT2D eigenvalue weighted by Crippen LogP contribution is -2.17. The van der Waals surface area contributed by atoms with Crippen LogP contribution >= 0.6 is 0 Å². The molecule has 0 atom stereocenters. The first-order valence-corrected chi connectivity index (χ1v) is 10.9. The fourth-order valence-electron chi connectivity index (χ4n) is 3.80. The second kappa shape index (κ2) is 9.77. The molecule has 0 aliphatic rings. The van der Waals surface area contributed by atoms with E-state index in [4.69, 9.17) is 0 Å². The first-order chi connectivity index (χ1) is 15.2. The number of fused-ring (bicyclic) bond motifs is 1. The number of hydrogen-bond donors (Lipinski definition) is 2. The molecule has 0 fully saturated rings. The van der Waals surface area contributed by atoms with Gasteiger partial charge in [-0.15, -0.1) is 10.2 Å². The van der Waals surface area contributed by atoms with E-state index in [0.29, 0.717) is 5.39 Å². The number of aromatic hydroxyl groups is 2. The first kappa shape index (κ1) is 23.2. The SMILES string of the molecule is CCCCCCC(C)(C)c1cc(N=Nc2c(O)ccc3ccccc23)c(O)c([N+](=O)[O-])c1. The van der Waals surface area contributed by atoms with Crippen molar-refractivity contribution < 1.29 is 15.1 Å². The highest BCUT2D eigenvalue weighted by Crippen LogP contribution is 2.43. The van der Waals surface area contributed by atoms with Crippen molar-refractivity contribution in [2.24, 2.45) is 10.2 Å². The molecule has 7 nitrogen and oxygen atoms in total. The highest BCUT2D eigenvalue weighted by Gasteiger charge is 2.27. The van der Waals surface area contributed by atoms with E-state index in [0.717, 1.165) is 43.1 Å². The number of phenols is 2. The molecule has 0 aliphatic heterocycles. The van der Waals surface area contributed by atoms with Crippen LogP contribution in [0.25, 0.3) is 10.8 Å². The maximum atomic E-state index is 11.6. The van der Waals surface area contributed by atoms with Gasteiger partial charge in [-0.3, -0.25) is 10.1 Å². The summed E-state index contributed by atoms with van der Waals surface area (Å²) in [7, 11) is 0. The zero-order valence-electron chi connectivity index (χ0n) is 18.7. The Kier molecular flexibility index (Phi) is 7.08. The van der Waals surface area contributed by atoms with E-state index in [-0.39, 0.29) is 22.5 Å². The molecule has 0 saturated carbocycles. The molecule has 0 unspecified atom stereocenters. The monoisotopic (exact) mass is 435 g/mol. The van der Waals surface area contributed by atoms with Crippen LogP contribution in [0.3, 0.4) is 0 Å². The van der Waals surface area contributed by atoms with Crippen molar-refractivity contribution in [2.75, 3.05) is 0 Å². The van der Waals surface area contributed by atoms with Crippen LogP contribution in [0.1, 0.15) is 58.4 Å². The van der Waals surface area contributed by atoms with Crippen molar-refractivity contribution in [3.8, 4) is 11.5 Å². The maximum Gasteiger partial charge on any atom is 0.313 e. The smallest absolute Gasteiger partial charge is 0.313 e. The summed E-state index contributed by atoms with van der Waals surface area (Å²) in [6.07, 6.45) is 5.26. The van der Waals surface area contributed by atoms with Gasteiger partial charge in [-0.05, 0) is 34.9 Å². The Labute approximate surface area is 187 Å². The summed E-state index contributed by atoms with van der Waals surface area (Å²) in [5, 5.41) is 42.2. The highest BCUT2D eigenvalue weighted by molar-refractivity contribution is 5.95. The van der Waals surface area contributed by atoms with Gasteiger partial charge in [0.25, 0.3) is 0 Å². The summed E-state index contributed by atoms with van der Waals surface area (Å²) in [4.78, 5) is 11.0. The number of nitro groups is 1. The van der Waals surface area contributed by atoms with Gasteiger partial charge in [0, 0.05) is 11.5 Å². The van der Waals surface area contributed by atoms with E-state index in [2.05, 4.69) is 17.2 Å². The number of benzene rings is 3. The molecule has 0 radical (unpaired) electrons. The number of rotatable bonds is 9. The second-order valence-electron chi connectivity index (χ2n) is 8.67. The van der Waals surface area contributed by atoms with Gasteiger partial charge in [0.15, 0.2) is 0 Å². The van der Waals surface area contributed by atoms with Crippen LogP contribution in [0.15, 0.2) is 58.8 Å². The minimum atomic E-state index is -0.611. The van der Waals surface area contributed by atoms with Crippen LogP contribution in [-0.4, -0.2) is 15.1 Å². The van der Waals surface area contributed by atoms with E-state index in [1.165, 1.54) is 12.1 Å². The van der Waals surface area contributed by atoms with Crippen LogP contribution in [0, 0.1) is 10.1 Å². The van der Waals surface area contributed by atoms with Crippen molar-refractivity contribution in [2.45, 2.75) is 58.3 Å². The van der Waals surface area contributed by atoms with E-state index in [9.17, 15) is 20.3 Å². The van der Waals surface area contributed by atoms with Crippen LogP contribution in [0.4, 0.5) is 17.1 Å². The summed E-state index contributed by atoms with van der Waals surface area (Å²) >= 11 is 0. The third-order valence-electron chi connectivity index (χ3n) is 5.84. The van der Waals surface area contributed by atoms with Gasteiger partial charge >= 0.3 is 5.69 Å². The van der Waals surface area contributed by atoms with Crippen molar-refractivity contribution >= 4 is 27.8 Å². The zero-order chi connectivity index (χ0) is 23.3. The molecule has 3 rings (SSSR count). The van der Waals surface area contributed by atoms with E-state index >= 15 is 0 Å². The van der Waals surface area contributed by atoms with E-state index in [1.54, 1.807) is 12.1 Å². The fraction of sp³-hybridized carbons (Fsp3) is 0.360. The van der Waals surface area contributed by atoms with Gasteiger partial charge in [-0.25, -0.2) is 0 Å². The summed E-state index contributed by atoms with van der Waals surface area (Å²) in [5.74, 6) is -0.599. The first-order valence-electron chi connectivity index (χ1n) is 10.9. The standard InChI is InChI=1S/C25H29N3O4/c1-4-5-6-9-14-25(2,3)18-15-20(24(30)21(16-18)28(31)32)26-27-23-19-11-8-7-10-17(19)12-13-22(23)29/h7-8,10-13,15-16,29-30H,4-6,9,14H2,1-3H3. The minimum Gasteiger partial charge on any atom is -0.506 e. The van der Waals surface area contributed by atoms with Crippen molar-refractivity contribution in [3.05, 3.63) is 64.2 Å². The summed E-state index contributed by atoms with van der Waals surface area (Å²) in [6, 6.07) is 13.8. The fourth-order valence-corrected chi connectivity index (χ4v) is 3.80.